The Morgan fingerprint density at radius 2 is 2.21 bits per heavy atom. The lowest BCUT2D eigenvalue weighted by atomic mass is 10.4. The molecule has 100 valence electrons. The second-order valence-electron chi connectivity index (χ2n) is 4.03. The molecule has 0 saturated carbocycles. The van der Waals surface area contributed by atoms with E-state index in [1.807, 2.05) is 19.0 Å². The molecule has 2 aromatic heterocycles. The van der Waals surface area contributed by atoms with Crippen molar-refractivity contribution in [2.24, 2.45) is 0 Å². The summed E-state index contributed by atoms with van der Waals surface area (Å²) in [5.41, 5.74) is 0.759. The van der Waals surface area contributed by atoms with Gasteiger partial charge in [-0.05, 0) is 18.2 Å². The Hall–Kier alpha value is -1.66. The molecule has 0 aliphatic carbocycles. The zero-order valence-electron chi connectivity index (χ0n) is 10.6. The summed E-state index contributed by atoms with van der Waals surface area (Å²) in [6, 6.07) is 5.18. The third-order valence-corrected chi connectivity index (χ3v) is 3.56. The van der Waals surface area contributed by atoms with Crippen molar-refractivity contribution < 1.29 is 4.79 Å². The van der Waals surface area contributed by atoms with E-state index in [-0.39, 0.29) is 5.91 Å². The number of hydrogen-bond donors (Lipinski definition) is 1. The summed E-state index contributed by atoms with van der Waals surface area (Å²) in [5.74, 6) is 0.466. The van der Waals surface area contributed by atoms with Crippen LogP contribution in [0.1, 0.15) is 15.4 Å². The highest BCUT2D eigenvalue weighted by Crippen LogP contribution is 2.21. The Morgan fingerprint density at radius 1 is 1.42 bits per heavy atom. The zero-order chi connectivity index (χ0) is 13.8. The van der Waals surface area contributed by atoms with Gasteiger partial charge in [0.1, 0.15) is 0 Å². The number of thiophene rings is 1. The van der Waals surface area contributed by atoms with Crippen LogP contribution in [0.5, 0.6) is 0 Å². The Balaban J connectivity index is 1.99. The van der Waals surface area contributed by atoms with E-state index < -0.39 is 0 Å². The van der Waals surface area contributed by atoms with Crippen LogP contribution < -0.4 is 10.2 Å². The molecule has 0 bridgehead atoms. The van der Waals surface area contributed by atoms with E-state index >= 15 is 0 Å². The van der Waals surface area contributed by atoms with Crippen LogP contribution in [0.4, 0.5) is 5.95 Å². The van der Waals surface area contributed by atoms with E-state index in [1.54, 1.807) is 24.4 Å². The third kappa shape index (κ3) is 3.65. The Bertz CT molecular complexity index is 585. The average molecular weight is 297 g/mol. The molecule has 0 aliphatic rings. The maximum absolute atomic E-state index is 11.8. The summed E-state index contributed by atoms with van der Waals surface area (Å²) in [6.07, 6.45) is 1.67. The smallest absolute Gasteiger partial charge is 0.261 e. The zero-order valence-corrected chi connectivity index (χ0v) is 12.1. The Labute approximate surface area is 120 Å². The van der Waals surface area contributed by atoms with Crippen LogP contribution in [-0.4, -0.2) is 30.0 Å². The van der Waals surface area contributed by atoms with E-state index in [9.17, 15) is 4.79 Å². The number of carbonyl (C=O) groups is 1. The first-order chi connectivity index (χ1) is 9.06. The van der Waals surface area contributed by atoms with Gasteiger partial charge in [-0.1, -0.05) is 11.6 Å². The normalized spacial score (nSPS) is 10.3. The molecule has 2 aromatic rings. The molecule has 19 heavy (non-hydrogen) atoms. The monoisotopic (exact) mass is 296 g/mol. The lowest BCUT2D eigenvalue weighted by molar-refractivity contribution is 0.0954. The minimum Gasteiger partial charge on any atom is -0.347 e. The van der Waals surface area contributed by atoms with Gasteiger partial charge in [-0.15, -0.1) is 11.3 Å². The molecule has 7 heteroatoms. The van der Waals surface area contributed by atoms with E-state index in [4.69, 9.17) is 11.6 Å². The average Bonchev–Trinajstić information content (AvgIpc) is 2.83. The molecule has 0 spiro atoms. The largest absolute Gasteiger partial charge is 0.347 e. The molecule has 0 atom stereocenters. The molecule has 0 saturated heterocycles. The number of anilines is 1. The van der Waals surface area contributed by atoms with Crippen molar-refractivity contribution in [3.8, 4) is 0 Å². The predicted octanol–water partition coefficient (Wildman–Crippen LogP) is 2.19. The molecular weight excluding hydrogens is 284 g/mol. The van der Waals surface area contributed by atoms with Crippen molar-refractivity contribution in [1.82, 2.24) is 15.3 Å². The molecule has 5 nitrogen and oxygen atoms in total. The van der Waals surface area contributed by atoms with E-state index in [1.165, 1.54) is 11.3 Å². The second kappa shape index (κ2) is 5.99. The first-order valence-corrected chi connectivity index (χ1v) is 6.78. The first kappa shape index (κ1) is 13.8. The first-order valence-electron chi connectivity index (χ1n) is 5.59. The van der Waals surface area contributed by atoms with Crippen LogP contribution in [0.25, 0.3) is 0 Å². The minimum absolute atomic E-state index is 0.151. The van der Waals surface area contributed by atoms with Gasteiger partial charge in [0.25, 0.3) is 5.91 Å². The van der Waals surface area contributed by atoms with Crippen LogP contribution in [0, 0.1) is 0 Å². The Kier molecular flexibility index (Phi) is 4.34. The maximum atomic E-state index is 11.8. The van der Waals surface area contributed by atoms with Gasteiger partial charge in [-0.3, -0.25) is 4.79 Å². The summed E-state index contributed by atoms with van der Waals surface area (Å²) in [4.78, 5) is 22.7. The molecule has 0 aliphatic heterocycles. The molecule has 0 fully saturated rings. The summed E-state index contributed by atoms with van der Waals surface area (Å²) >= 11 is 7.04. The fraction of sp³-hybridized carbons (Fsp3) is 0.250. The Morgan fingerprint density at radius 3 is 2.84 bits per heavy atom. The van der Waals surface area contributed by atoms with E-state index in [2.05, 4.69) is 15.3 Å². The van der Waals surface area contributed by atoms with Gasteiger partial charge in [0.05, 0.1) is 21.5 Å². The number of aromatic nitrogens is 2. The molecule has 1 N–H and O–H groups in total. The van der Waals surface area contributed by atoms with Crippen LogP contribution in [0.15, 0.2) is 24.4 Å². The van der Waals surface area contributed by atoms with Gasteiger partial charge in [0.2, 0.25) is 5.95 Å². The van der Waals surface area contributed by atoms with E-state index in [0.717, 1.165) is 5.69 Å². The van der Waals surface area contributed by atoms with Crippen molar-refractivity contribution in [2.75, 3.05) is 19.0 Å². The summed E-state index contributed by atoms with van der Waals surface area (Å²) < 4.78 is 0.599. The van der Waals surface area contributed by atoms with Gasteiger partial charge >= 0.3 is 0 Å². The van der Waals surface area contributed by atoms with Gasteiger partial charge < -0.3 is 10.2 Å². The quantitative estimate of drug-likeness (QED) is 0.939. The topological polar surface area (TPSA) is 58.1 Å². The van der Waals surface area contributed by atoms with Gasteiger partial charge in [0, 0.05) is 20.3 Å². The fourth-order valence-electron chi connectivity index (χ4n) is 1.39. The lowest BCUT2D eigenvalue weighted by Gasteiger charge is -2.10. The number of carbonyl (C=O) groups excluding carboxylic acids is 1. The van der Waals surface area contributed by atoms with Crippen molar-refractivity contribution >= 4 is 34.8 Å². The fourth-order valence-corrected chi connectivity index (χ4v) is 2.35. The summed E-state index contributed by atoms with van der Waals surface area (Å²) in [6.45, 7) is 0.359. The number of nitrogens with zero attached hydrogens (tertiary/aromatic N) is 3. The second-order valence-corrected chi connectivity index (χ2v) is 5.74. The number of amides is 1. The van der Waals surface area contributed by atoms with Crippen molar-refractivity contribution in [3.63, 3.8) is 0 Å². The lowest BCUT2D eigenvalue weighted by Crippen LogP contribution is -2.23. The number of nitrogens with one attached hydrogen (secondary N) is 1. The van der Waals surface area contributed by atoms with Crippen LogP contribution >= 0.6 is 22.9 Å². The van der Waals surface area contributed by atoms with Crippen LogP contribution in [-0.2, 0) is 6.54 Å². The molecule has 1 amide bonds. The van der Waals surface area contributed by atoms with Gasteiger partial charge in [-0.25, -0.2) is 9.97 Å². The molecule has 0 radical (unpaired) electrons. The highest BCUT2D eigenvalue weighted by Gasteiger charge is 2.09. The summed E-state index contributed by atoms with van der Waals surface area (Å²) in [7, 11) is 3.73. The molecular formula is C12H13ClN4OS. The minimum atomic E-state index is -0.151. The van der Waals surface area contributed by atoms with Crippen molar-refractivity contribution in [2.45, 2.75) is 6.54 Å². The third-order valence-electron chi connectivity index (χ3n) is 2.33. The van der Waals surface area contributed by atoms with Crippen LogP contribution in [0.2, 0.25) is 4.34 Å². The highest BCUT2D eigenvalue weighted by atomic mass is 35.5. The van der Waals surface area contributed by atoms with E-state index in [0.29, 0.717) is 21.7 Å². The SMILES string of the molecule is CN(C)c1nccc(CNC(=O)c2ccc(Cl)s2)n1. The van der Waals surface area contributed by atoms with Crippen molar-refractivity contribution in [3.05, 3.63) is 39.3 Å². The van der Waals surface area contributed by atoms with Gasteiger partial charge in [-0.2, -0.15) is 0 Å². The van der Waals surface area contributed by atoms with Crippen LogP contribution in [0.3, 0.4) is 0 Å². The molecule has 2 rings (SSSR count). The van der Waals surface area contributed by atoms with Gasteiger partial charge in [0.15, 0.2) is 0 Å². The maximum Gasteiger partial charge on any atom is 0.261 e. The number of halogens is 1. The number of rotatable bonds is 4. The molecule has 2 heterocycles. The number of hydrogen-bond acceptors (Lipinski definition) is 5. The summed E-state index contributed by atoms with van der Waals surface area (Å²) in [5, 5.41) is 2.80. The van der Waals surface area contributed by atoms with Crippen molar-refractivity contribution in [1.29, 1.82) is 0 Å². The highest BCUT2D eigenvalue weighted by molar-refractivity contribution is 7.17. The standard InChI is InChI=1S/C12H13ClN4OS/c1-17(2)12-14-6-5-8(16-12)7-15-11(18)9-3-4-10(13)19-9/h3-6H,7H2,1-2H3,(H,15,18). The predicted molar refractivity (Wildman–Crippen MR) is 76.9 cm³/mol. The molecule has 0 unspecified atom stereocenters. The molecule has 0 aromatic carbocycles.